The molecule has 2 aromatic heterocycles. The van der Waals surface area contributed by atoms with Gasteiger partial charge in [0.2, 0.25) is 0 Å². The smallest absolute Gasteiger partial charge is 0.155 e. The van der Waals surface area contributed by atoms with Crippen molar-refractivity contribution in [1.29, 1.82) is 0 Å². The second-order valence-electron chi connectivity index (χ2n) is 5.75. The third kappa shape index (κ3) is 2.48. The largest absolute Gasteiger partial charge is 0.298 e. The summed E-state index contributed by atoms with van der Waals surface area (Å²) in [5.41, 5.74) is 6.63. The van der Waals surface area contributed by atoms with E-state index in [0.29, 0.717) is 5.56 Å². The van der Waals surface area contributed by atoms with Crippen molar-refractivity contribution in [1.82, 2.24) is 14.4 Å². The van der Waals surface area contributed by atoms with Gasteiger partial charge in [-0.25, -0.2) is 4.98 Å². The summed E-state index contributed by atoms with van der Waals surface area (Å²) in [6.45, 7) is 2.07. The molecule has 0 spiro atoms. The molecule has 4 nitrogen and oxygen atoms in total. The number of carbonyl (C=O) groups excluding carboxylic acids is 1. The number of aryl methyl sites for hydroxylation is 1. The van der Waals surface area contributed by atoms with Gasteiger partial charge in [0.25, 0.3) is 0 Å². The lowest BCUT2D eigenvalue weighted by Gasteiger charge is -2.06. The van der Waals surface area contributed by atoms with Gasteiger partial charge in [-0.1, -0.05) is 54.1 Å². The van der Waals surface area contributed by atoms with E-state index < -0.39 is 0 Å². The molecule has 2 aromatic carbocycles. The molecule has 0 saturated heterocycles. The van der Waals surface area contributed by atoms with Crippen molar-refractivity contribution in [3.8, 4) is 22.5 Å². The van der Waals surface area contributed by atoms with Gasteiger partial charge in [-0.3, -0.25) is 14.2 Å². The fourth-order valence-electron chi connectivity index (χ4n) is 2.71. The lowest BCUT2D eigenvalue weighted by atomic mass is 10.1. The Labute approximate surface area is 139 Å². The average Bonchev–Trinajstić information content (AvgIpc) is 3.05. The average molecular weight is 313 g/mol. The van der Waals surface area contributed by atoms with Crippen LogP contribution in [0.15, 0.2) is 67.1 Å². The first-order valence-corrected chi connectivity index (χ1v) is 7.70. The van der Waals surface area contributed by atoms with Gasteiger partial charge in [-0.15, -0.1) is 0 Å². The Hall–Kier alpha value is -3.27. The number of fused-ring (bicyclic) bond motifs is 1. The molecule has 4 aromatic rings. The van der Waals surface area contributed by atoms with Crippen molar-refractivity contribution in [2.24, 2.45) is 0 Å². The molecular weight excluding hydrogens is 298 g/mol. The Bertz CT molecular complexity index is 1020. The highest BCUT2D eigenvalue weighted by Crippen LogP contribution is 2.24. The monoisotopic (exact) mass is 313 g/mol. The second kappa shape index (κ2) is 5.74. The van der Waals surface area contributed by atoms with Crippen LogP contribution in [0.2, 0.25) is 0 Å². The van der Waals surface area contributed by atoms with E-state index in [0.717, 1.165) is 34.4 Å². The summed E-state index contributed by atoms with van der Waals surface area (Å²) < 4.78 is 2.04. The molecule has 0 aliphatic carbocycles. The molecule has 0 fully saturated rings. The van der Waals surface area contributed by atoms with Crippen LogP contribution in [-0.2, 0) is 0 Å². The highest BCUT2D eigenvalue weighted by Gasteiger charge is 2.08. The number of aldehydes is 1. The molecule has 0 N–H and O–H groups in total. The number of hydrogen-bond acceptors (Lipinski definition) is 3. The van der Waals surface area contributed by atoms with Gasteiger partial charge in [0, 0.05) is 22.9 Å². The van der Waals surface area contributed by atoms with Crippen molar-refractivity contribution in [2.75, 3.05) is 0 Å². The topological polar surface area (TPSA) is 47.3 Å². The minimum atomic E-state index is 0.655. The molecule has 0 aliphatic rings. The lowest BCUT2D eigenvalue weighted by molar-refractivity contribution is 0.112. The van der Waals surface area contributed by atoms with Gasteiger partial charge < -0.3 is 0 Å². The first kappa shape index (κ1) is 14.3. The number of aromatic nitrogens is 3. The van der Waals surface area contributed by atoms with Crippen molar-refractivity contribution in [3.05, 3.63) is 78.2 Å². The third-order valence-electron chi connectivity index (χ3n) is 4.09. The fraction of sp³-hybridized carbons (Fsp3) is 0.0500. The van der Waals surface area contributed by atoms with Crippen molar-refractivity contribution in [3.63, 3.8) is 0 Å². The maximum atomic E-state index is 10.8. The Morgan fingerprint density at radius 3 is 2.29 bits per heavy atom. The Morgan fingerprint density at radius 2 is 1.58 bits per heavy atom. The predicted molar refractivity (Wildman–Crippen MR) is 94.0 cm³/mol. The van der Waals surface area contributed by atoms with Crippen LogP contribution in [0.3, 0.4) is 0 Å². The van der Waals surface area contributed by atoms with Gasteiger partial charge in [-0.2, -0.15) is 0 Å². The number of imidazole rings is 1. The second-order valence-corrected chi connectivity index (χ2v) is 5.75. The predicted octanol–water partition coefficient (Wildman–Crippen LogP) is 4.18. The standard InChI is InChI=1S/C20H15N3O/c1-14-2-6-17(7-3-14)19-10-22-20-11-21-18(12-23(19)20)16-8-4-15(13-24)5-9-16/h2-13H,1H3. The van der Waals surface area contributed by atoms with Crippen LogP contribution in [0, 0.1) is 6.92 Å². The number of carbonyl (C=O) groups is 1. The Balaban J connectivity index is 1.83. The maximum absolute atomic E-state index is 10.8. The summed E-state index contributed by atoms with van der Waals surface area (Å²) in [6.07, 6.45) is 6.45. The van der Waals surface area contributed by atoms with Crippen LogP contribution >= 0.6 is 0 Å². The van der Waals surface area contributed by atoms with Crippen LogP contribution in [-0.4, -0.2) is 20.7 Å². The van der Waals surface area contributed by atoms with Crippen LogP contribution in [0.1, 0.15) is 15.9 Å². The maximum Gasteiger partial charge on any atom is 0.155 e. The van der Waals surface area contributed by atoms with E-state index in [1.807, 2.05) is 28.9 Å². The molecule has 2 heterocycles. The van der Waals surface area contributed by atoms with Gasteiger partial charge in [0.15, 0.2) is 5.65 Å². The van der Waals surface area contributed by atoms with Crippen molar-refractivity contribution >= 4 is 11.9 Å². The number of rotatable bonds is 3. The molecular formula is C20H15N3O. The van der Waals surface area contributed by atoms with E-state index in [4.69, 9.17) is 0 Å². The zero-order valence-corrected chi connectivity index (χ0v) is 13.2. The summed E-state index contributed by atoms with van der Waals surface area (Å²) in [6, 6.07) is 15.8. The number of nitrogens with zero attached hydrogens (tertiary/aromatic N) is 3. The fourth-order valence-corrected chi connectivity index (χ4v) is 2.71. The van der Waals surface area contributed by atoms with E-state index in [9.17, 15) is 4.79 Å². The zero-order valence-electron chi connectivity index (χ0n) is 13.2. The quantitative estimate of drug-likeness (QED) is 0.533. The number of hydrogen-bond donors (Lipinski definition) is 0. The SMILES string of the molecule is Cc1ccc(-c2cnc3cnc(-c4ccc(C=O)cc4)cn23)cc1. The van der Waals surface area contributed by atoms with Gasteiger partial charge in [0.1, 0.15) is 6.29 Å². The van der Waals surface area contributed by atoms with Crippen LogP contribution in [0.25, 0.3) is 28.2 Å². The van der Waals surface area contributed by atoms with Crippen LogP contribution in [0.4, 0.5) is 0 Å². The third-order valence-corrected chi connectivity index (χ3v) is 4.09. The summed E-state index contributed by atoms with van der Waals surface area (Å²) in [4.78, 5) is 19.7. The summed E-state index contributed by atoms with van der Waals surface area (Å²) >= 11 is 0. The summed E-state index contributed by atoms with van der Waals surface area (Å²) in [5.74, 6) is 0. The molecule has 0 amide bonds. The van der Waals surface area contributed by atoms with Crippen molar-refractivity contribution < 1.29 is 4.79 Å². The molecule has 0 aliphatic heterocycles. The zero-order chi connectivity index (χ0) is 16.5. The van der Waals surface area contributed by atoms with E-state index >= 15 is 0 Å². The Kier molecular flexibility index (Phi) is 3.43. The molecule has 24 heavy (non-hydrogen) atoms. The highest BCUT2D eigenvalue weighted by atomic mass is 16.1. The normalized spacial score (nSPS) is 10.9. The molecule has 0 unspecified atom stereocenters. The molecule has 0 saturated carbocycles. The molecule has 4 rings (SSSR count). The molecule has 4 heteroatoms. The summed E-state index contributed by atoms with van der Waals surface area (Å²) in [5, 5.41) is 0. The van der Waals surface area contributed by atoms with Crippen molar-refractivity contribution in [2.45, 2.75) is 6.92 Å². The van der Waals surface area contributed by atoms with E-state index in [2.05, 4.69) is 41.2 Å². The van der Waals surface area contributed by atoms with Gasteiger partial charge >= 0.3 is 0 Å². The van der Waals surface area contributed by atoms with Gasteiger partial charge in [0.05, 0.1) is 23.8 Å². The first-order chi connectivity index (χ1) is 11.7. The lowest BCUT2D eigenvalue weighted by Crippen LogP contribution is -1.93. The van der Waals surface area contributed by atoms with E-state index in [1.54, 1.807) is 18.3 Å². The molecule has 116 valence electrons. The summed E-state index contributed by atoms with van der Waals surface area (Å²) in [7, 11) is 0. The van der Waals surface area contributed by atoms with Crippen LogP contribution < -0.4 is 0 Å². The number of benzene rings is 2. The molecule has 0 bridgehead atoms. The van der Waals surface area contributed by atoms with E-state index in [1.165, 1.54) is 5.56 Å². The molecule has 0 atom stereocenters. The Morgan fingerprint density at radius 1 is 0.875 bits per heavy atom. The van der Waals surface area contributed by atoms with Gasteiger partial charge in [-0.05, 0) is 6.92 Å². The first-order valence-electron chi connectivity index (χ1n) is 7.70. The van der Waals surface area contributed by atoms with Crippen LogP contribution in [0.5, 0.6) is 0 Å². The molecule has 0 radical (unpaired) electrons. The minimum Gasteiger partial charge on any atom is -0.298 e. The minimum absolute atomic E-state index is 0.655. The highest BCUT2D eigenvalue weighted by molar-refractivity contribution is 5.76. The van der Waals surface area contributed by atoms with E-state index in [-0.39, 0.29) is 0 Å².